The summed E-state index contributed by atoms with van der Waals surface area (Å²) in [6.45, 7) is 0.691. The summed E-state index contributed by atoms with van der Waals surface area (Å²) in [7, 11) is -8.18. The Bertz CT molecular complexity index is 649. The Balaban J connectivity index is 3.80. The van der Waals surface area contributed by atoms with Crippen molar-refractivity contribution in [2.24, 2.45) is 10.3 Å². The van der Waals surface area contributed by atoms with Crippen molar-refractivity contribution in [3.8, 4) is 0 Å². The molecule has 0 aliphatic heterocycles. The molecule has 0 spiro atoms. The topological polar surface area (TPSA) is 141 Å². The number of nitrogens with two attached hydrogens (primary N) is 2. The minimum Gasteiger partial charge on any atom is -0.392 e. The maximum absolute atomic E-state index is 11.3. The van der Waals surface area contributed by atoms with E-state index in [1.807, 2.05) is 0 Å². The van der Waals surface area contributed by atoms with Crippen LogP contribution in [0.2, 0.25) is 0 Å². The van der Waals surface area contributed by atoms with Crippen LogP contribution in [0.5, 0.6) is 0 Å². The number of rotatable bonds is 3. The minimum atomic E-state index is -4.14. The summed E-state index contributed by atoms with van der Waals surface area (Å²) in [6, 6.07) is 2.29. The van der Waals surface area contributed by atoms with Gasteiger partial charge in [-0.3, -0.25) is 0 Å². The molecule has 1 rings (SSSR count). The zero-order chi connectivity index (χ0) is 13.4. The highest BCUT2D eigenvalue weighted by atomic mass is 32.2. The molecule has 0 aliphatic carbocycles. The highest BCUT2D eigenvalue weighted by Gasteiger charge is 2.23. The fourth-order valence-corrected chi connectivity index (χ4v) is 3.44. The Morgan fingerprint density at radius 1 is 1.12 bits per heavy atom. The first-order chi connectivity index (χ1) is 7.59. The van der Waals surface area contributed by atoms with Gasteiger partial charge >= 0.3 is 0 Å². The Hall–Kier alpha value is -1.00. The molecule has 5 N–H and O–H groups in total. The van der Waals surface area contributed by atoms with E-state index in [4.69, 9.17) is 15.4 Å². The maximum Gasteiger partial charge on any atom is 0.238 e. The molecule has 1 aromatic carbocycles. The van der Waals surface area contributed by atoms with Crippen molar-refractivity contribution in [2.45, 2.75) is 23.3 Å². The second kappa shape index (κ2) is 4.35. The largest absolute Gasteiger partial charge is 0.392 e. The molecule has 0 amide bonds. The number of aliphatic hydroxyl groups excluding tert-OH is 1. The van der Waals surface area contributed by atoms with E-state index in [2.05, 4.69) is 0 Å². The molecule has 0 aromatic heterocycles. The van der Waals surface area contributed by atoms with Crippen LogP contribution in [0.15, 0.2) is 21.9 Å². The molecule has 0 fully saturated rings. The minimum absolute atomic E-state index is 0.0254. The summed E-state index contributed by atoms with van der Waals surface area (Å²) in [5.74, 6) is 0. The van der Waals surface area contributed by atoms with Crippen LogP contribution in [-0.2, 0) is 26.7 Å². The van der Waals surface area contributed by atoms with Gasteiger partial charge in [0.15, 0.2) is 0 Å². The molecule has 0 atom stereocenters. The number of primary sulfonamides is 2. The SMILES string of the molecule is Cc1c(S(N)(=O)=O)ccc(CO)c1S(N)(=O)=O. The summed E-state index contributed by atoms with van der Waals surface area (Å²) in [4.78, 5) is -0.745. The lowest BCUT2D eigenvalue weighted by Crippen LogP contribution is -2.20. The number of benzene rings is 1. The van der Waals surface area contributed by atoms with Gasteiger partial charge in [0, 0.05) is 0 Å². The van der Waals surface area contributed by atoms with Crippen molar-refractivity contribution in [3.63, 3.8) is 0 Å². The van der Waals surface area contributed by atoms with Crippen LogP contribution in [-0.4, -0.2) is 21.9 Å². The van der Waals surface area contributed by atoms with Crippen LogP contribution in [0.4, 0.5) is 0 Å². The predicted octanol–water partition coefficient (Wildman–Crippen LogP) is -1.22. The molecule has 9 heteroatoms. The zero-order valence-corrected chi connectivity index (χ0v) is 10.5. The maximum atomic E-state index is 11.3. The van der Waals surface area contributed by atoms with Crippen molar-refractivity contribution in [1.82, 2.24) is 0 Å². The van der Waals surface area contributed by atoms with Gasteiger partial charge in [0.1, 0.15) is 0 Å². The lowest BCUT2D eigenvalue weighted by atomic mass is 10.1. The van der Waals surface area contributed by atoms with Gasteiger partial charge in [0.05, 0.1) is 16.4 Å². The highest BCUT2D eigenvalue weighted by molar-refractivity contribution is 7.90. The van der Waals surface area contributed by atoms with E-state index >= 15 is 0 Å². The zero-order valence-electron chi connectivity index (χ0n) is 8.91. The van der Waals surface area contributed by atoms with Gasteiger partial charge in [-0.25, -0.2) is 27.1 Å². The van der Waals surface area contributed by atoms with E-state index in [9.17, 15) is 16.8 Å². The van der Waals surface area contributed by atoms with Gasteiger partial charge < -0.3 is 5.11 Å². The van der Waals surface area contributed by atoms with E-state index in [-0.39, 0.29) is 16.0 Å². The van der Waals surface area contributed by atoms with Crippen LogP contribution < -0.4 is 10.3 Å². The fraction of sp³-hybridized carbons (Fsp3) is 0.250. The van der Waals surface area contributed by atoms with Gasteiger partial charge in [-0.05, 0) is 24.1 Å². The summed E-state index contributed by atoms with van der Waals surface area (Å²) >= 11 is 0. The Morgan fingerprint density at radius 2 is 1.65 bits per heavy atom. The third-order valence-corrected chi connectivity index (χ3v) is 4.39. The smallest absolute Gasteiger partial charge is 0.238 e. The van der Waals surface area contributed by atoms with Crippen LogP contribution in [0.1, 0.15) is 11.1 Å². The Kier molecular flexibility index (Phi) is 3.60. The quantitative estimate of drug-likeness (QED) is 0.636. The lowest BCUT2D eigenvalue weighted by molar-refractivity contribution is 0.278. The number of hydrogen-bond donors (Lipinski definition) is 3. The highest BCUT2D eigenvalue weighted by Crippen LogP contribution is 2.25. The molecule has 0 saturated carbocycles. The Labute approximate surface area is 99.2 Å². The van der Waals surface area contributed by atoms with E-state index in [0.29, 0.717) is 0 Å². The fourth-order valence-electron chi connectivity index (χ4n) is 1.56. The van der Waals surface area contributed by atoms with Gasteiger partial charge in [-0.2, -0.15) is 0 Å². The second-order valence-electron chi connectivity index (χ2n) is 3.43. The normalized spacial score (nSPS) is 12.7. The van der Waals surface area contributed by atoms with Crippen molar-refractivity contribution >= 4 is 20.0 Å². The Morgan fingerprint density at radius 3 is 2.00 bits per heavy atom. The summed E-state index contributed by atoms with van der Waals surface area (Å²) in [5, 5.41) is 18.9. The molecular weight excluding hydrogens is 268 g/mol. The summed E-state index contributed by atoms with van der Waals surface area (Å²) in [6.07, 6.45) is 0. The van der Waals surface area contributed by atoms with E-state index in [1.165, 1.54) is 6.92 Å². The van der Waals surface area contributed by atoms with Gasteiger partial charge in [0.25, 0.3) is 0 Å². The average molecular weight is 280 g/mol. The van der Waals surface area contributed by atoms with Crippen LogP contribution in [0, 0.1) is 6.92 Å². The lowest BCUT2D eigenvalue weighted by Gasteiger charge is -2.12. The molecule has 17 heavy (non-hydrogen) atoms. The van der Waals surface area contributed by atoms with Crippen molar-refractivity contribution in [2.75, 3.05) is 0 Å². The summed E-state index contributed by atoms with van der Waals surface area (Å²) in [5.41, 5.74) is -0.0704. The first-order valence-electron chi connectivity index (χ1n) is 4.38. The third-order valence-electron chi connectivity index (χ3n) is 2.20. The monoisotopic (exact) mass is 280 g/mol. The van der Waals surface area contributed by atoms with Crippen molar-refractivity contribution in [3.05, 3.63) is 23.3 Å². The van der Waals surface area contributed by atoms with E-state index in [0.717, 1.165) is 12.1 Å². The second-order valence-corrected chi connectivity index (χ2v) is 6.45. The first-order valence-corrected chi connectivity index (χ1v) is 7.47. The first kappa shape index (κ1) is 14.1. The molecule has 0 saturated heterocycles. The molecule has 0 radical (unpaired) electrons. The van der Waals surface area contributed by atoms with E-state index < -0.39 is 31.5 Å². The summed E-state index contributed by atoms with van der Waals surface area (Å²) < 4.78 is 45.1. The van der Waals surface area contributed by atoms with Gasteiger partial charge in [-0.15, -0.1) is 0 Å². The standard InChI is InChI=1S/C8H12N2O5S2/c1-5-7(16(9,12)13)3-2-6(4-11)8(5)17(10,14)15/h2-3,11H,4H2,1H3,(H2,9,12,13)(H2,10,14,15). The molecule has 0 unspecified atom stereocenters. The van der Waals surface area contributed by atoms with Crippen molar-refractivity contribution < 1.29 is 21.9 Å². The molecule has 0 heterocycles. The molecule has 0 aliphatic rings. The number of sulfonamides is 2. The molecular formula is C8H12N2O5S2. The predicted molar refractivity (Wildman–Crippen MR) is 59.8 cm³/mol. The third kappa shape index (κ3) is 2.82. The van der Waals surface area contributed by atoms with Crippen LogP contribution in [0.3, 0.4) is 0 Å². The van der Waals surface area contributed by atoms with Crippen LogP contribution in [0.25, 0.3) is 0 Å². The number of aliphatic hydroxyl groups is 1. The average Bonchev–Trinajstić information content (AvgIpc) is 2.12. The van der Waals surface area contributed by atoms with Crippen molar-refractivity contribution in [1.29, 1.82) is 0 Å². The number of hydrogen-bond acceptors (Lipinski definition) is 5. The van der Waals surface area contributed by atoms with Crippen LogP contribution >= 0.6 is 0 Å². The van der Waals surface area contributed by atoms with Gasteiger partial charge in [0.2, 0.25) is 20.0 Å². The molecule has 0 bridgehead atoms. The van der Waals surface area contributed by atoms with E-state index in [1.54, 1.807) is 0 Å². The molecule has 7 nitrogen and oxygen atoms in total. The molecule has 96 valence electrons. The molecule has 1 aromatic rings. The van der Waals surface area contributed by atoms with Gasteiger partial charge in [-0.1, -0.05) is 6.07 Å².